The van der Waals surface area contributed by atoms with E-state index in [0.29, 0.717) is 5.56 Å². The Labute approximate surface area is 135 Å². The quantitative estimate of drug-likeness (QED) is 0.789. The Morgan fingerprint density at radius 2 is 2.09 bits per heavy atom. The predicted molar refractivity (Wildman–Crippen MR) is 89.6 cm³/mol. The second kappa shape index (κ2) is 5.23. The molecule has 1 atom stereocenters. The van der Waals surface area contributed by atoms with Crippen LogP contribution in [0.2, 0.25) is 0 Å². The van der Waals surface area contributed by atoms with Gasteiger partial charge in [-0.3, -0.25) is 4.79 Å². The fourth-order valence-electron chi connectivity index (χ4n) is 3.51. The number of carbonyl (C=O) groups excluding carboxylic acids is 1. The molecule has 2 aromatic heterocycles. The number of aryl methyl sites for hydroxylation is 3. The Kier molecular flexibility index (Phi) is 3.18. The number of benzene rings is 1. The third-order valence-corrected chi connectivity index (χ3v) is 4.62. The van der Waals surface area contributed by atoms with Gasteiger partial charge in [-0.05, 0) is 49.9 Å². The van der Waals surface area contributed by atoms with Gasteiger partial charge in [0.25, 0.3) is 5.91 Å². The van der Waals surface area contributed by atoms with Gasteiger partial charge in [0.05, 0.1) is 11.6 Å². The Morgan fingerprint density at radius 1 is 1.26 bits per heavy atom. The fraction of sp³-hybridized carbons (Fsp3) is 0.263. The van der Waals surface area contributed by atoms with E-state index in [1.807, 2.05) is 42.6 Å². The van der Waals surface area contributed by atoms with E-state index in [-0.39, 0.29) is 11.9 Å². The number of rotatable bonds is 2. The van der Waals surface area contributed by atoms with E-state index < -0.39 is 0 Å². The molecule has 0 aliphatic heterocycles. The first kappa shape index (κ1) is 14.0. The van der Waals surface area contributed by atoms with E-state index in [9.17, 15) is 4.79 Å². The van der Waals surface area contributed by atoms with Gasteiger partial charge >= 0.3 is 0 Å². The zero-order valence-electron chi connectivity index (χ0n) is 13.3. The van der Waals surface area contributed by atoms with E-state index >= 15 is 0 Å². The molecule has 4 rings (SSSR count). The van der Waals surface area contributed by atoms with Gasteiger partial charge in [0.2, 0.25) is 0 Å². The van der Waals surface area contributed by atoms with Crippen molar-refractivity contribution < 1.29 is 4.79 Å². The lowest BCUT2D eigenvalue weighted by molar-refractivity contribution is 0.0938. The van der Waals surface area contributed by atoms with E-state index in [1.165, 1.54) is 11.1 Å². The third-order valence-electron chi connectivity index (χ3n) is 4.62. The second-order valence-electron chi connectivity index (χ2n) is 6.23. The molecule has 4 nitrogen and oxygen atoms in total. The van der Waals surface area contributed by atoms with Crippen LogP contribution in [0, 0.1) is 13.8 Å². The van der Waals surface area contributed by atoms with E-state index in [4.69, 9.17) is 0 Å². The molecule has 23 heavy (non-hydrogen) atoms. The molecule has 1 aliphatic carbocycles. The zero-order valence-corrected chi connectivity index (χ0v) is 13.3. The molecule has 1 aromatic carbocycles. The van der Waals surface area contributed by atoms with Crippen LogP contribution < -0.4 is 5.32 Å². The molecule has 0 spiro atoms. The van der Waals surface area contributed by atoms with Gasteiger partial charge in [0, 0.05) is 17.6 Å². The van der Waals surface area contributed by atoms with Crippen molar-refractivity contribution in [3.63, 3.8) is 0 Å². The van der Waals surface area contributed by atoms with Crippen LogP contribution in [0.3, 0.4) is 0 Å². The van der Waals surface area contributed by atoms with Crippen LogP contribution in [0.5, 0.6) is 0 Å². The average molecular weight is 305 g/mol. The van der Waals surface area contributed by atoms with Crippen LogP contribution in [-0.2, 0) is 6.42 Å². The summed E-state index contributed by atoms with van der Waals surface area (Å²) in [6.07, 6.45) is 3.89. The first-order valence-corrected chi connectivity index (χ1v) is 7.97. The van der Waals surface area contributed by atoms with Crippen LogP contribution in [0.1, 0.15) is 45.3 Å². The molecular weight excluding hydrogens is 286 g/mol. The van der Waals surface area contributed by atoms with Gasteiger partial charge in [-0.15, -0.1) is 0 Å². The molecule has 0 unspecified atom stereocenters. The second-order valence-corrected chi connectivity index (χ2v) is 6.23. The number of fused-ring (bicyclic) bond motifs is 2. The number of amides is 1. The maximum absolute atomic E-state index is 12.7. The van der Waals surface area contributed by atoms with Crippen molar-refractivity contribution in [2.24, 2.45) is 0 Å². The van der Waals surface area contributed by atoms with Crippen LogP contribution in [0.15, 0.2) is 42.6 Å². The minimum atomic E-state index is -0.0493. The van der Waals surface area contributed by atoms with Gasteiger partial charge in [-0.2, -0.15) is 0 Å². The van der Waals surface area contributed by atoms with E-state index in [0.717, 1.165) is 29.9 Å². The lowest BCUT2D eigenvalue weighted by Crippen LogP contribution is -2.27. The van der Waals surface area contributed by atoms with Crippen LogP contribution in [-0.4, -0.2) is 15.3 Å². The minimum absolute atomic E-state index is 0.0493. The van der Waals surface area contributed by atoms with Gasteiger partial charge in [-0.1, -0.05) is 24.3 Å². The molecule has 0 bridgehead atoms. The van der Waals surface area contributed by atoms with Gasteiger partial charge in [0.1, 0.15) is 5.65 Å². The predicted octanol–water partition coefficient (Wildman–Crippen LogP) is 3.37. The summed E-state index contributed by atoms with van der Waals surface area (Å²) >= 11 is 0. The molecule has 0 radical (unpaired) electrons. The van der Waals surface area contributed by atoms with E-state index in [2.05, 4.69) is 28.5 Å². The lowest BCUT2D eigenvalue weighted by atomic mass is 10.1. The molecule has 0 saturated heterocycles. The summed E-state index contributed by atoms with van der Waals surface area (Å²) < 4.78 is 1.96. The van der Waals surface area contributed by atoms with Crippen molar-refractivity contribution in [1.29, 1.82) is 0 Å². The molecular formula is C19H19N3O. The number of hydrogen-bond acceptors (Lipinski definition) is 2. The Hall–Kier alpha value is -2.62. The lowest BCUT2D eigenvalue weighted by Gasteiger charge is -2.14. The minimum Gasteiger partial charge on any atom is -0.345 e. The Balaban J connectivity index is 1.66. The van der Waals surface area contributed by atoms with Crippen molar-refractivity contribution in [3.8, 4) is 0 Å². The van der Waals surface area contributed by atoms with Crippen molar-refractivity contribution in [2.75, 3.05) is 0 Å². The monoisotopic (exact) mass is 305 g/mol. The summed E-state index contributed by atoms with van der Waals surface area (Å²) in [4.78, 5) is 17.3. The number of nitrogens with one attached hydrogen (secondary N) is 1. The first-order valence-electron chi connectivity index (χ1n) is 7.97. The van der Waals surface area contributed by atoms with Crippen molar-refractivity contribution in [1.82, 2.24) is 14.7 Å². The number of aromatic nitrogens is 2. The summed E-state index contributed by atoms with van der Waals surface area (Å²) in [5, 5.41) is 3.18. The summed E-state index contributed by atoms with van der Waals surface area (Å²) in [7, 11) is 0. The van der Waals surface area contributed by atoms with Gasteiger partial charge < -0.3 is 9.72 Å². The molecule has 1 N–H and O–H groups in total. The molecule has 1 aliphatic rings. The van der Waals surface area contributed by atoms with Crippen molar-refractivity contribution >= 4 is 11.6 Å². The average Bonchev–Trinajstić information content (AvgIpc) is 3.12. The maximum Gasteiger partial charge on any atom is 0.255 e. The van der Waals surface area contributed by atoms with Crippen molar-refractivity contribution in [2.45, 2.75) is 32.7 Å². The SMILES string of the molecule is Cc1cc(C)n2ccc(C(=O)N[C@@H]3CCc4ccccc43)c2n1. The molecule has 1 amide bonds. The fourth-order valence-corrected chi connectivity index (χ4v) is 3.51. The largest absolute Gasteiger partial charge is 0.345 e. The highest BCUT2D eigenvalue weighted by Gasteiger charge is 2.25. The van der Waals surface area contributed by atoms with Gasteiger partial charge in [0.15, 0.2) is 0 Å². The van der Waals surface area contributed by atoms with Gasteiger partial charge in [-0.25, -0.2) is 4.98 Å². The number of hydrogen-bond donors (Lipinski definition) is 1. The highest BCUT2D eigenvalue weighted by atomic mass is 16.1. The molecule has 2 heterocycles. The summed E-state index contributed by atoms with van der Waals surface area (Å²) in [5.41, 5.74) is 5.95. The van der Waals surface area contributed by atoms with Crippen LogP contribution >= 0.6 is 0 Å². The zero-order chi connectivity index (χ0) is 16.0. The van der Waals surface area contributed by atoms with E-state index in [1.54, 1.807) is 0 Å². The third kappa shape index (κ3) is 2.31. The molecule has 4 heteroatoms. The number of nitrogens with zero attached hydrogens (tertiary/aromatic N) is 2. The molecule has 3 aromatic rings. The van der Waals surface area contributed by atoms with Crippen LogP contribution in [0.25, 0.3) is 5.65 Å². The van der Waals surface area contributed by atoms with Crippen LogP contribution in [0.4, 0.5) is 0 Å². The first-order chi connectivity index (χ1) is 11.1. The molecule has 116 valence electrons. The Bertz CT molecular complexity index is 910. The number of carbonyl (C=O) groups is 1. The van der Waals surface area contributed by atoms with Crippen molar-refractivity contribution in [3.05, 3.63) is 70.7 Å². The maximum atomic E-state index is 12.7. The molecule has 0 saturated carbocycles. The summed E-state index contributed by atoms with van der Waals surface area (Å²) in [5.74, 6) is -0.0493. The standard InChI is InChI=1S/C19H19N3O/c1-12-11-13(2)22-10-9-16(18(22)20-12)19(23)21-17-8-7-14-5-3-4-6-15(14)17/h3-6,9-11,17H,7-8H2,1-2H3,(H,21,23)/t17-/m1/s1. The summed E-state index contributed by atoms with van der Waals surface area (Å²) in [6, 6.07) is 12.3. The highest BCUT2D eigenvalue weighted by molar-refractivity contribution is 6.00. The summed E-state index contributed by atoms with van der Waals surface area (Å²) in [6.45, 7) is 3.98. The Morgan fingerprint density at radius 3 is 2.96 bits per heavy atom. The molecule has 0 fully saturated rings. The highest BCUT2D eigenvalue weighted by Crippen LogP contribution is 2.31. The smallest absolute Gasteiger partial charge is 0.255 e. The normalized spacial score (nSPS) is 16.5. The topological polar surface area (TPSA) is 46.4 Å².